The van der Waals surface area contributed by atoms with Crippen LogP contribution in [-0.2, 0) is 16.6 Å². The van der Waals surface area contributed by atoms with E-state index >= 15 is 0 Å². The molecule has 20 heavy (non-hydrogen) atoms. The molecule has 0 saturated heterocycles. The highest BCUT2D eigenvalue weighted by molar-refractivity contribution is 7.89. The van der Waals surface area contributed by atoms with Crippen LogP contribution in [-0.4, -0.2) is 45.6 Å². The Morgan fingerprint density at radius 2 is 2.00 bits per heavy atom. The van der Waals surface area contributed by atoms with E-state index in [0.29, 0.717) is 12.1 Å². The second-order valence-electron chi connectivity index (χ2n) is 4.83. The number of benzene rings is 1. The van der Waals surface area contributed by atoms with Crippen LogP contribution in [0, 0.1) is 0 Å². The van der Waals surface area contributed by atoms with Gasteiger partial charge >= 0.3 is 0 Å². The second kappa shape index (κ2) is 7.95. The number of nitrogens with zero attached hydrogens (tertiary/aromatic N) is 1. The number of unbranched alkanes of at least 4 members (excludes halogenated alkanes) is 1. The van der Waals surface area contributed by atoms with Crippen molar-refractivity contribution in [1.82, 2.24) is 9.62 Å². The van der Waals surface area contributed by atoms with Crippen LogP contribution in [0.3, 0.4) is 0 Å². The molecular formula is C13H21ClN2O3S. The minimum absolute atomic E-state index is 0.0123. The molecule has 0 aliphatic heterocycles. The molecule has 0 amide bonds. The van der Waals surface area contributed by atoms with Crippen LogP contribution in [0.1, 0.15) is 18.4 Å². The molecule has 0 atom stereocenters. The zero-order chi connectivity index (χ0) is 15.2. The molecule has 0 spiro atoms. The number of rotatable bonds is 8. The summed E-state index contributed by atoms with van der Waals surface area (Å²) in [6.07, 6.45) is 1.68. The topological polar surface area (TPSA) is 69.6 Å². The summed E-state index contributed by atoms with van der Waals surface area (Å²) in [5.41, 5.74) is 0.516. The molecule has 5 nitrogen and oxygen atoms in total. The zero-order valence-corrected chi connectivity index (χ0v) is 13.3. The number of nitrogens with one attached hydrogen (secondary N) is 1. The summed E-state index contributed by atoms with van der Waals surface area (Å²) in [4.78, 5) is 2.06. The van der Waals surface area contributed by atoms with Crippen molar-refractivity contribution >= 4 is 21.6 Å². The average Bonchev–Trinajstić information content (AvgIpc) is 2.38. The van der Waals surface area contributed by atoms with Crippen molar-refractivity contribution in [3.8, 4) is 0 Å². The first-order valence-corrected chi connectivity index (χ1v) is 8.26. The smallest absolute Gasteiger partial charge is 0.242 e. The van der Waals surface area contributed by atoms with Crippen LogP contribution in [0.5, 0.6) is 0 Å². The first-order chi connectivity index (χ1) is 9.36. The Labute approximate surface area is 125 Å². The van der Waals surface area contributed by atoms with Crippen LogP contribution in [0.4, 0.5) is 0 Å². The molecule has 1 aromatic carbocycles. The SMILES string of the molecule is CN(C)CCCCNS(=O)(=O)c1cc(CO)ccc1Cl. The van der Waals surface area contributed by atoms with Gasteiger partial charge in [0.2, 0.25) is 10.0 Å². The van der Waals surface area contributed by atoms with E-state index in [1.54, 1.807) is 6.07 Å². The maximum Gasteiger partial charge on any atom is 0.242 e. The van der Waals surface area contributed by atoms with Crippen LogP contribution in [0.15, 0.2) is 23.1 Å². The van der Waals surface area contributed by atoms with Gasteiger partial charge in [0.05, 0.1) is 11.6 Å². The first kappa shape index (κ1) is 17.4. The molecule has 0 bridgehead atoms. The van der Waals surface area contributed by atoms with Gasteiger partial charge in [-0.1, -0.05) is 17.7 Å². The van der Waals surface area contributed by atoms with E-state index < -0.39 is 10.0 Å². The fourth-order valence-corrected chi connectivity index (χ4v) is 3.31. The van der Waals surface area contributed by atoms with E-state index in [9.17, 15) is 8.42 Å². The minimum Gasteiger partial charge on any atom is -0.392 e. The van der Waals surface area contributed by atoms with Crippen LogP contribution >= 0.6 is 11.6 Å². The fraction of sp³-hybridized carbons (Fsp3) is 0.538. The van der Waals surface area contributed by atoms with Gasteiger partial charge in [0.25, 0.3) is 0 Å². The highest BCUT2D eigenvalue weighted by Gasteiger charge is 2.17. The molecule has 114 valence electrons. The highest BCUT2D eigenvalue weighted by atomic mass is 35.5. The van der Waals surface area contributed by atoms with Gasteiger partial charge in [-0.05, 0) is 51.2 Å². The Bertz CT molecular complexity index is 532. The van der Waals surface area contributed by atoms with Gasteiger partial charge in [0.1, 0.15) is 4.90 Å². The lowest BCUT2D eigenvalue weighted by molar-refractivity contribution is 0.281. The Morgan fingerprint density at radius 3 is 2.60 bits per heavy atom. The number of aliphatic hydroxyl groups excluding tert-OH is 1. The molecule has 0 aliphatic carbocycles. The van der Waals surface area contributed by atoms with Crippen LogP contribution < -0.4 is 4.72 Å². The number of hydrogen-bond donors (Lipinski definition) is 2. The van der Waals surface area contributed by atoms with Crippen molar-refractivity contribution in [2.45, 2.75) is 24.3 Å². The second-order valence-corrected chi connectivity index (χ2v) is 6.97. The molecule has 7 heteroatoms. The van der Waals surface area contributed by atoms with Gasteiger partial charge < -0.3 is 10.0 Å². The maximum absolute atomic E-state index is 12.1. The van der Waals surface area contributed by atoms with Gasteiger partial charge in [0, 0.05) is 6.54 Å². The molecular weight excluding hydrogens is 300 g/mol. The zero-order valence-electron chi connectivity index (χ0n) is 11.8. The largest absolute Gasteiger partial charge is 0.392 e. The third-order valence-electron chi connectivity index (χ3n) is 2.79. The highest BCUT2D eigenvalue weighted by Crippen LogP contribution is 2.22. The number of hydrogen-bond acceptors (Lipinski definition) is 4. The molecule has 0 radical (unpaired) electrons. The minimum atomic E-state index is -3.63. The third-order valence-corrected chi connectivity index (χ3v) is 4.73. The lowest BCUT2D eigenvalue weighted by atomic mass is 10.2. The standard InChI is InChI=1S/C13H21ClN2O3S/c1-16(2)8-4-3-7-15-20(18,19)13-9-11(10-17)5-6-12(13)14/h5-6,9,15,17H,3-4,7-8,10H2,1-2H3. The van der Waals surface area contributed by atoms with Crippen LogP contribution in [0.2, 0.25) is 5.02 Å². The first-order valence-electron chi connectivity index (χ1n) is 6.40. The molecule has 0 aromatic heterocycles. The van der Waals surface area contributed by atoms with E-state index in [-0.39, 0.29) is 16.5 Å². The normalized spacial score (nSPS) is 12.1. The van der Waals surface area contributed by atoms with Crippen LogP contribution in [0.25, 0.3) is 0 Å². The summed E-state index contributed by atoms with van der Waals surface area (Å²) in [6.45, 7) is 1.07. The Balaban J connectivity index is 2.64. The molecule has 1 aromatic rings. The van der Waals surface area contributed by atoms with E-state index in [1.165, 1.54) is 12.1 Å². The average molecular weight is 321 g/mol. The van der Waals surface area contributed by atoms with Crippen molar-refractivity contribution in [3.05, 3.63) is 28.8 Å². The predicted molar refractivity (Wildman–Crippen MR) is 80.4 cm³/mol. The van der Waals surface area contributed by atoms with Gasteiger partial charge in [-0.2, -0.15) is 0 Å². The van der Waals surface area contributed by atoms with Crippen molar-refractivity contribution in [3.63, 3.8) is 0 Å². The summed E-state index contributed by atoms with van der Waals surface area (Å²) in [5.74, 6) is 0. The molecule has 0 heterocycles. The fourth-order valence-electron chi connectivity index (χ4n) is 1.69. The van der Waals surface area contributed by atoms with Gasteiger partial charge in [-0.3, -0.25) is 0 Å². The lowest BCUT2D eigenvalue weighted by Gasteiger charge is -2.11. The molecule has 1 rings (SSSR count). The van der Waals surface area contributed by atoms with Crippen molar-refractivity contribution in [1.29, 1.82) is 0 Å². The summed E-state index contributed by atoms with van der Waals surface area (Å²) < 4.78 is 26.8. The van der Waals surface area contributed by atoms with Gasteiger partial charge in [-0.15, -0.1) is 0 Å². The molecule has 2 N–H and O–H groups in total. The maximum atomic E-state index is 12.1. The van der Waals surface area contributed by atoms with E-state index in [4.69, 9.17) is 16.7 Å². The summed E-state index contributed by atoms with van der Waals surface area (Å²) in [7, 11) is 0.322. The van der Waals surface area contributed by atoms with E-state index in [0.717, 1.165) is 19.4 Å². The summed E-state index contributed by atoms with van der Waals surface area (Å²) in [5, 5.41) is 9.21. The molecule has 0 unspecified atom stereocenters. The van der Waals surface area contributed by atoms with Crippen molar-refractivity contribution in [2.24, 2.45) is 0 Å². The number of aliphatic hydroxyl groups is 1. The summed E-state index contributed by atoms with van der Waals surface area (Å²) in [6, 6.07) is 4.47. The van der Waals surface area contributed by atoms with Crippen molar-refractivity contribution in [2.75, 3.05) is 27.2 Å². The monoisotopic (exact) mass is 320 g/mol. The van der Waals surface area contributed by atoms with Crippen molar-refractivity contribution < 1.29 is 13.5 Å². The molecule has 0 saturated carbocycles. The quantitative estimate of drug-likeness (QED) is 0.711. The van der Waals surface area contributed by atoms with E-state index in [1.807, 2.05) is 14.1 Å². The number of halogens is 1. The molecule has 0 fully saturated rings. The lowest BCUT2D eigenvalue weighted by Crippen LogP contribution is -2.26. The Morgan fingerprint density at radius 1 is 1.30 bits per heavy atom. The Kier molecular flexibility index (Phi) is 6.91. The van der Waals surface area contributed by atoms with Gasteiger partial charge in [0.15, 0.2) is 0 Å². The predicted octanol–water partition coefficient (Wildman–Crippen LogP) is 1.45. The number of sulfonamides is 1. The van der Waals surface area contributed by atoms with Gasteiger partial charge in [-0.25, -0.2) is 13.1 Å². The third kappa shape index (κ3) is 5.38. The molecule has 0 aliphatic rings. The Hall–Kier alpha value is -0.660. The van der Waals surface area contributed by atoms with E-state index in [2.05, 4.69) is 9.62 Å². The summed E-state index contributed by atoms with van der Waals surface area (Å²) >= 11 is 5.91.